The van der Waals surface area contributed by atoms with E-state index in [-0.39, 0.29) is 0 Å². The Morgan fingerprint density at radius 3 is 1.83 bits per heavy atom. The number of hydrogen-bond donors (Lipinski definition) is 0. The molecule has 2 aromatic heterocycles. The minimum absolute atomic E-state index is 0.868. The lowest BCUT2D eigenvalue weighted by atomic mass is 9.96. The fraction of sp³-hybridized carbons (Fsp3) is 0. The van der Waals surface area contributed by atoms with E-state index in [1.54, 1.807) is 0 Å². The Kier molecular flexibility index (Phi) is 7.75. The quantitative estimate of drug-likeness (QED) is 0.157. The molecule has 0 bridgehead atoms. The van der Waals surface area contributed by atoms with Crippen LogP contribution in [0.3, 0.4) is 0 Å². The van der Waals surface area contributed by atoms with Crippen molar-refractivity contribution < 1.29 is 4.42 Å². The van der Waals surface area contributed by atoms with E-state index in [1.807, 2.05) is 11.3 Å². The molecule has 2 nitrogen and oxygen atoms in total. The molecule has 0 spiro atoms. The SMILES string of the molecule is c1ccc(-c2ccc(-c3ccc(N(c4ccc(-c5ccc6c(c5)sc5ccccc56)cc4)c4cccc5ccc6ccccc6c45)c4c3oc3ccccc34)cc2)cc1. The summed E-state index contributed by atoms with van der Waals surface area (Å²) in [7, 11) is 0. The van der Waals surface area contributed by atoms with Crippen LogP contribution in [0.1, 0.15) is 0 Å². The first-order valence-electron chi connectivity index (χ1n) is 20.1. The van der Waals surface area contributed by atoms with Gasteiger partial charge in [0.15, 0.2) is 0 Å². The van der Waals surface area contributed by atoms with E-state index in [2.05, 4.69) is 217 Å². The van der Waals surface area contributed by atoms with Crippen molar-refractivity contribution in [3.05, 3.63) is 212 Å². The molecule has 0 saturated carbocycles. The van der Waals surface area contributed by atoms with E-state index in [1.165, 1.54) is 64.0 Å². The van der Waals surface area contributed by atoms with Crippen LogP contribution in [0.2, 0.25) is 0 Å². The lowest BCUT2D eigenvalue weighted by Gasteiger charge is -2.28. The number of nitrogens with zero attached hydrogens (tertiary/aromatic N) is 1. The number of benzene rings is 10. The fourth-order valence-electron chi connectivity index (χ4n) is 9.04. The average molecular weight is 770 g/mol. The van der Waals surface area contributed by atoms with Crippen LogP contribution >= 0.6 is 11.3 Å². The number of furan rings is 1. The van der Waals surface area contributed by atoms with Crippen LogP contribution < -0.4 is 4.90 Å². The molecule has 59 heavy (non-hydrogen) atoms. The topological polar surface area (TPSA) is 16.4 Å². The fourth-order valence-corrected chi connectivity index (χ4v) is 10.2. The summed E-state index contributed by atoms with van der Waals surface area (Å²) >= 11 is 1.86. The van der Waals surface area contributed by atoms with Crippen molar-refractivity contribution >= 4 is 92.1 Å². The molecule has 0 amide bonds. The molecule has 12 rings (SSSR count). The van der Waals surface area contributed by atoms with Crippen LogP contribution in [0, 0.1) is 0 Å². The standard InChI is InChI=1S/C56H35NOS/c1-2-11-36(12-3-1)37-21-23-40(24-22-37)45-33-34-50(55-48-17-6-8-19-51(48)58-56(45)55)57(49-18-10-14-41-26-25-39-13-4-5-15-44(39)54(41)49)43-30-27-38(28-31-43)42-29-32-47-46-16-7-9-20-52(46)59-53(47)35-42/h1-35H. The highest BCUT2D eigenvalue weighted by Gasteiger charge is 2.24. The third kappa shape index (κ3) is 5.55. The molecule has 0 saturated heterocycles. The highest BCUT2D eigenvalue weighted by Crippen LogP contribution is 2.49. The third-order valence-electron chi connectivity index (χ3n) is 11.9. The number of rotatable bonds is 6. The summed E-state index contributed by atoms with van der Waals surface area (Å²) in [6.45, 7) is 0. The molecule has 0 fully saturated rings. The van der Waals surface area contributed by atoms with Crippen molar-refractivity contribution in [1.82, 2.24) is 0 Å². The highest BCUT2D eigenvalue weighted by molar-refractivity contribution is 7.25. The van der Waals surface area contributed by atoms with Gasteiger partial charge < -0.3 is 9.32 Å². The summed E-state index contributed by atoms with van der Waals surface area (Å²) in [6.07, 6.45) is 0. The zero-order valence-corrected chi connectivity index (χ0v) is 32.8. The lowest BCUT2D eigenvalue weighted by Crippen LogP contribution is -2.11. The summed E-state index contributed by atoms with van der Waals surface area (Å²) in [5.74, 6) is 0. The molecule has 0 aliphatic rings. The molecule has 0 radical (unpaired) electrons. The van der Waals surface area contributed by atoms with Gasteiger partial charge >= 0.3 is 0 Å². The average Bonchev–Trinajstić information content (AvgIpc) is 3.89. The first-order chi connectivity index (χ1) is 29.2. The molecule has 0 aliphatic heterocycles. The Morgan fingerprint density at radius 2 is 0.966 bits per heavy atom. The number of fused-ring (bicyclic) bond motifs is 9. The Bertz CT molecular complexity index is 3540. The Labute approximate surface area is 345 Å². The Morgan fingerprint density at radius 1 is 0.356 bits per heavy atom. The second-order valence-corrected chi connectivity index (χ2v) is 16.3. The maximum Gasteiger partial charge on any atom is 0.145 e. The number of anilines is 3. The van der Waals surface area contributed by atoms with Crippen LogP contribution in [-0.2, 0) is 0 Å². The monoisotopic (exact) mass is 769 g/mol. The van der Waals surface area contributed by atoms with E-state index in [0.29, 0.717) is 0 Å². The van der Waals surface area contributed by atoms with Gasteiger partial charge in [-0.1, -0.05) is 164 Å². The molecule has 10 aromatic carbocycles. The zero-order chi connectivity index (χ0) is 38.9. The lowest BCUT2D eigenvalue weighted by molar-refractivity contribution is 0.670. The minimum atomic E-state index is 0.868. The number of thiophene rings is 1. The number of hydrogen-bond acceptors (Lipinski definition) is 3. The zero-order valence-electron chi connectivity index (χ0n) is 32.0. The largest absolute Gasteiger partial charge is 0.455 e. The van der Waals surface area contributed by atoms with Crippen molar-refractivity contribution in [3.8, 4) is 33.4 Å². The van der Waals surface area contributed by atoms with Gasteiger partial charge in [-0.05, 0) is 92.5 Å². The van der Waals surface area contributed by atoms with E-state index in [9.17, 15) is 0 Å². The second kappa shape index (κ2) is 13.6. The van der Waals surface area contributed by atoms with Gasteiger partial charge in [-0.15, -0.1) is 11.3 Å². The second-order valence-electron chi connectivity index (χ2n) is 15.2. The van der Waals surface area contributed by atoms with Crippen LogP contribution in [0.25, 0.3) is 97.0 Å². The third-order valence-corrected chi connectivity index (χ3v) is 13.0. The van der Waals surface area contributed by atoms with Crippen LogP contribution in [0.5, 0.6) is 0 Å². The van der Waals surface area contributed by atoms with Gasteiger partial charge in [0.05, 0.1) is 16.8 Å². The van der Waals surface area contributed by atoms with Crippen LogP contribution in [0.15, 0.2) is 217 Å². The number of para-hydroxylation sites is 1. The molecule has 3 heteroatoms. The summed E-state index contributed by atoms with van der Waals surface area (Å²) in [6, 6.07) is 76.9. The highest BCUT2D eigenvalue weighted by atomic mass is 32.1. The molecule has 0 aliphatic carbocycles. The first kappa shape index (κ1) is 33.7. The van der Waals surface area contributed by atoms with Crippen molar-refractivity contribution in [3.63, 3.8) is 0 Å². The van der Waals surface area contributed by atoms with Crippen molar-refractivity contribution in [1.29, 1.82) is 0 Å². The first-order valence-corrected chi connectivity index (χ1v) is 20.9. The molecule has 0 N–H and O–H groups in total. The van der Waals surface area contributed by atoms with Gasteiger partial charge in [-0.3, -0.25) is 0 Å². The van der Waals surface area contributed by atoms with Crippen LogP contribution in [-0.4, -0.2) is 0 Å². The Balaban J connectivity index is 1.07. The molecular weight excluding hydrogens is 735 g/mol. The van der Waals surface area contributed by atoms with Gasteiger partial charge in [-0.25, -0.2) is 0 Å². The van der Waals surface area contributed by atoms with Gasteiger partial charge in [0, 0.05) is 42.2 Å². The molecule has 276 valence electrons. The molecule has 0 unspecified atom stereocenters. The molecule has 2 heterocycles. The summed E-state index contributed by atoms with van der Waals surface area (Å²) in [5, 5.41) is 9.66. The minimum Gasteiger partial charge on any atom is -0.455 e. The maximum atomic E-state index is 6.88. The van der Waals surface area contributed by atoms with E-state index in [0.717, 1.165) is 50.1 Å². The normalized spacial score (nSPS) is 11.7. The van der Waals surface area contributed by atoms with Gasteiger partial charge in [0.2, 0.25) is 0 Å². The molecular formula is C56H35NOS. The summed E-state index contributed by atoms with van der Waals surface area (Å²) < 4.78 is 9.51. The summed E-state index contributed by atoms with van der Waals surface area (Å²) in [5.41, 5.74) is 12.0. The van der Waals surface area contributed by atoms with Crippen molar-refractivity contribution in [2.45, 2.75) is 0 Å². The van der Waals surface area contributed by atoms with E-state index in [4.69, 9.17) is 4.42 Å². The Hall–Kier alpha value is -7.46. The van der Waals surface area contributed by atoms with Gasteiger partial charge in [-0.2, -0.15) is 0 Å². The van der Waals surface area contributed by atoms with Crippen LogP contribution in [0.4, 0.5) is 17.1 Å². The molecule has 0 atom stereocenters. The molecule has 12 aromatic rings. The smallest absolute Gasteiger partial charge is 0.145 e. The summed E-state index contributed by atoms with van der Waals surface area (Å²) in [4.78, 5) is 2.44. The van der Waals surface area contributed by atoms with Crippen molar-refractivity contribution in [2.24, 2.45) is 0 Å². The van der Waals surface area contributed by atoms with E-state index >= 15 is 0 Å². The predicted molar refractivity (Wildman–Crippen MR) is 253 cm³/mol. The van der Waals surface area contributed by atoms with Gasteiger partial charge in [0.25, 0.3) is 0 Å². The van der Waals surface area contributed by atoms with E-state index < -0.39 is 0 Å². The predicted octanol–water partition coefficient (Wildman–Crippen LogP) is 16.7. The maximum absolute atomic E-state index is 6.88. The van der Waals surface area contributed by atoms with Crippen molar-refractivity contribution in [2.75, 3.05) is 4.90 Å². The van der Waals surface area contributed by atoms with Gasteiger partial charge in [0.1, 0.15) is 11.2 Å².